The molecule has 1 aliphatic carbocycles. The minimum absolute atomic E-state index is 0.136. The van der Waals surface area contributed by atoms with Crippen LogP contribution in [0, 0.1) is 11.3 Å². The Balaban J connectivity index is 1.65. The van der Waals surface area contributed by atoms with Gasteiger partial charge in [-0.25, -0.2) is 0 Å². The lowest BCUT2D eigenvalue weighted by atomic mass is 9.96. The Bertz CT molecular complexity index is 761. The number of hydrogen-bond acceptors (Lipinski definition) is 4. The third-order valence-corrected chi connectivity index (χ3v) is 5.57. The molecule has 1 aliphatic rings. The van der Waals surface area contributed by atoms with Gasteiger partial charge in [0.05, 0.1) is 12.1 Å². The predicted octanol–water partition coefficient (Wildman–Crippen LogP) is 4.31. The number of rotatable bonds is 4. The van der Waals surface area contributed by atoms with E-state index in [-0.39, 0.29) is 12.5 Å². The van der Waals surface area contributed by atoms with Crippen molar-refractivity contribution < 1.29 is 4.79 Å². The average molecular weight is 390 g/mol. The standard InChI is InChI=1S/C17H16BrN3OS/c18-11-5-7-12(8-6-11)20-10-16(22)21-17-14(9-19)13-3-1-2-4-15(13)23-17/h5-8,20H,1-4,10H2,(H,21,22). The molecule has 1 heterocycles. The first-order valence-corrected chi connectivity index (χ1v) is 9.12. The number of nitrogens with zero attached hydrogens (tertiary/aromatic N) is 1. The number of carbonyl (C=O) groups is 1. The second-order valence-electron chi connectivity index (χ2n) is 5.44. The monoisotopic (exact) mass is 389 g/mol. The van der Waals surface area contributed by atoms with Crippen molar-refractivity contribution in [3.8, 4) is 6.07 Å². The van der Waals surface area contributed by atoms with Crippen molar-refractivity contribution in [2.24, 2.45) is 0 Å². The summed E-state index contributed by atoms with van der Waals surface area (Å²) in [6.45, 7) is 0.176. The van der Waals surface area contributed by atoms with Crippen LogP contribution in [0.25, 0.3) is 0 Å². The maximum atomic E-state index is 12.1. The molecular formula is C17H16BrN3OS. The zero-order chi connectivity index (χ0) is 16.2. The van der Waals surface area contributed by atoms with Crippen LogP contribution in [0.5, 0.6) is 0 Å². The number of hydrogen-bond donors (Lipinski definition) is 2. The van der Waals surface area contributed by atoms with Crippen molar-refractivity contribution in [1.29, 1.82) is 5.26 Å². The van der Waals surface area contributed by atoms with Crippen molar-refractivity contribution in [3.63, 3.8) is 0 Å². The summed E-state index contributed by atoms with van der Waals surface area (Å²) in [5.74, 6) is -0.136. The van der Waals surface area contributed by atoms with E-state index in [1.165, 1.54) is 4.88 Å². The summed E-state index contributed by atoms with van der Waals surface area (Å²) < 4.78 is 0.996. The lowest BCUT2D eigenvalue weighted by Crippen LogP contribution is -2.21. The van der Waals surface area contributed by atoms with Gasteiger partial charge in [0, 0.05) is 15.0 Å². The number of halogens is 1. The van der Waals surface area contributed by atoms with Gasteiger partial charge in [-0.3, -0.25) is 4.79 Å². The molecule has 3 rings (SSSR count). The van der Waals surface area contributed by atoms with Crippen LogP contribution < -0.4 is 10.6 Å². The summed E-state index contributed by atoms with van der Waals surface area (Å²) in [7, 11) is 0. The van der Waals surface area contributed by atoms with E-state index in [0.29, 0.717) is 10.6 Å². The first-order valence-electron chi connectivity index (χ1n) is 7.51. The third-order valence-electron chi connectivity index (χ3n) is 3.83. The van der Waals surface area contributed by atoms with Crippen molar-refractivity contribution in [3.05, 3.63) is 44.7 Å². The smallest absolute Gasteiger partial charge is 0.244 e. The molecule has 0 bridgehead atoms. The summed E-state index contributed by atoms with van der Waals surface area (Å²) in [4.78, 5) is 13.4. The molecule has 0 aliphatic heterocycles. The highest BCUT2D eigenvalue weighted by atomic mass is 79.9. The summed E-state index contributed by atoms with van der Waals surface area (Å²) in [5.41, 5.74) is 2.68. The number of aryl methyl sites for hydroxylation is 1. The zero-order valence-electron chi connectivity index (χ0n) is 12.5. The van der Waals surface area contributed by atoms with E-state index in [0.717, 1.165) is 41.4 Å². The second kappa shape index (κ2) is 7.16. The molecule has 23 heavy (non-hydrogen) atoms. The van der Waals surface area contributed by atoms with E-state index >= 15 is 0 Å². The van der Waals surface area contributed by atoms with Gasteiger partial charge in [-0.1, -0.05) is 15.9 Å². The highest BCUT2D eigenvalue weighted by molar-refractivity contribution is 9.10. The molecule has 0 radical (unpaired) electrons. The van der Waals surface area contributed by atoms with Gasteiger partial charge in [0.15, 0.2) is 0 Å². The van der Waals surface area contributed by atoms with Crippen LogP contribution in [0.15, 0.2) is 28.7 Å². The molecule has 1 aromatic carbocycles. The van der Waals surface area contributed by atoms with Gasteiger partial charge in [0.2, 0.25) is 5.91 Å². The maximum absolute atomic E-state index is 12.1. The predicted molar refractivity (Wildman–Crippen MR) is 96.9 cm³/mol. The van der Waals surface area contributed by atoms with Crippen LogP contribution in [0.3, 0.4) is 0 Å². The Labute approximate surface area is 147 Å². The Morgan fingerprint density at radius 1 is 1.26 bits per heavy atom. The molecule has 0 saturated heterocycles. The summed E-state index contributed by atoms with van der Waals surface area (Å²) in [5, 5.41) is 16.1. The fourth-order valence-electron chi connectivity index (χ4n) is 2.69. The third kappa shape index (κ3) is 3.74. The Hall–Kier alpha value is -1.84. The van der Waals surface area contributed by atoms with E-state index < -0.39 is 0 Å². The van der Waals surface area contributed by atoms with Crippen molar-refractivity contribution in [2.75, 3.05) is 17.2 Å². The average Bonchev–Trinajstić information content (AvgIpc) is 2.91. The zero-order valence-corrected chi connectivity index (χ0v) is 14.9. The lowest BCUT2D eigenvalue weighted by Gasteiger charge is -2.09. The van der Waals surface area contributed by atoms with E-state index in [1.807, 2.05) is 24.3 Å². The van der Waals surface area contributed by atoms with Crippen LogP contribution in [0.1, 0.15) is 28.8 Å². The summed E-state index contributed by atoms with van der Waals surface area (Å²) in [6.07, 6.45) is 4.25. The molecule has 6 heteroatoms. The van der Waals surface area contributed by atoms with Crippen LogP contribution >= 0.6 is 27.3 Å². The maximum Gasteiger partial charge on any atom is 0.244 e. The molecule has 1 amide bonds. The Morgan fingerprint density at radius 2 is 2.00 bits per heavy atom. The van der Waals surface area contributed by atoms with Crippen LogP contribution in [0.4, 0.5) is 10.7 Å². The summed E-state index contributed by atoms with van der Waals surface area (Å²) in [6, 6.07) is 9.90. The normalized spacial score (nSPS) is 13.0. The molecule has 0 atom stereocenters. The van der Waals surface area contributed by atoms with Gasteiger partial charge < -0.3 is 10.6 Å². The molecule has 0 fully saturated rings. The van der Waals surface area contributed by atoms with Gasteiger partial charge in [-0.05, 0) is 55.5 Å². The molecule has 1 aromatic heterocycles. The van der Waals surface area contributed by atoms with Crippen molar-refractivity contribution in [1.82, 2.24) is 0 Å². The highest BCUT2D eigenvalue weighted by Gasteiger charge is 2.21. The van der Waals surface area contributed by atoms with Crippen LogP contribution in [-0.4, -0.2) is 12.5 Å². The SMILES string of the molecule is N#Cc1c(NC(=O)CNc2ccc(Br)cc2)sc2c1CCCC2. The quantitative estimate of drug-likeness (QED) is 0.818. The van der Waals surface area contributed by atoms with Crippen LogP contribution in [0.2, 0.25) is 0 Å². The first-order chi connectivity index (χ1) is 11.2. The number of thiophene rings is 1. The summed E-state index contributed by atoms with van der Waals surface area (Å²) >= 11 is 4.93. The van der Waals surface area contributed by atoms with Crippen LogP contribution in [-0.2, 0) is 17.6 Å². The minimum atomic E-state index is -0.136. The van der Waals surface area contributed by atoms with Crippen molar-refractivity contribution >= 4 is 43.9 Å². The minimum Gasteiger partial charge on any atom is -0.376 e. The van der Waals surface area contributed by atoms with Gasteiger partial charge in [0.25, 0.3) is 0 Å². The number of nitriles is 1. The second-order valence-corrected chi connectivity index (χ2v) is 7.46. The molecule has 0 unspecified atom stereocenters. The van der Waals surface area contributed by atoms with E-state index in [2.05, 4.69) is 32.6 Å². The Morgan fingerprint density at radius 3 is 2.74 bits per heavy atom. The number of fused-ring (bicyclic) bond motifs is 1. The van der Waals surface area contributed by atoms with E-state index in [4.69, 9.17) is 0 Å². The van der Waals surface area contributed by atoms with Gasteiger partial charge >= 0.3 is 0 Å². The molecule has 2 aromatic rings. The molecule has 2 N–H and O–H groups in total. The fourth-order valence-corrected chi connectivity index (χ4v) is 4.21. The van der Waals surface area contributed by atoms with E-state index in [1.54, 1.807) is 11.3 Å². The molecule has 0 saturated carbocycles. The van der Waals surface area contributed by atoms with Gasteiger partial charge in [0.1, 0.15) is 11.1 Å². The molecule has 4 nitrogen and oxygen atoms in total. The Kier molecular flexibility index (Phi) is 4.99. The highest BCUT2D eigenvalue weighted by Crippen LogP contribution is 2.37. The molecule has 118 valence electrons. The largest absolute Gasteiger partial charge is 0.376 e. The fraction of sp³-hybridized carbons (Fsp3) is 0.294. The van der Waals surface area contributed by atoms with Gasteiger partial charge in [-0.2, -0.15) is 5.26 Å². The number of carbonyl (C=O) groups excluding carboxylic acids is 1. The number of amides is 1. The number of nitrogens with one attached hydrogen (secondary N) is 2. The van der Waals surface area contributed by atoms with E-state index in [9.17, 15) is 10.1 Å². The molecule has 0 spiro atoms. The first kappa shape index (κ1) is 16.0. The lowest BCUT2D eigenvalue weighted by molar-refractivity contribution is -0.114. The van der Waals surface area contributed by atoms with Crippen molar-refractivity contribution in [2.45, 2.75) is 25.7 Å². The topological polar surface area (TPSA) is 64.9 Å². The number of anilines is 2. The number of benzene rings is 1. The van der Waals surface area contributed by atoms with Gasteiger partial charge in [-0.15, -0.1) is 11.3 Å². The molecular weight excluding hydrogens is 374 g/mol.